The molecule has 3 nitrogen and oxygen atoms in total. The minimum atomic E-state index is -4.10. The molecule has 0 saturated heterocycles. The number of halogens is 4. The zero-order chi connectivity index (χ0) is 15.2. The fraction of sp³-hybridized carbons (Fsp3) is 0.500. The Bertz CT molecular complexity index is 660. The van der Waals surface area contributed by atoms with Gasteiger partial charge in [0.05, 0.1) is 11.6 Å². The Morgan fingerprint density at radius 3 is 2.48 bits per heavy atom. The van der Waals surface area contributed by atoms with Gasteiger partial charge in [-0.3, -0.25) is 0 Å². The minimum Gasteiger partial charge on any atom is -0.438 e. The molecular formula is C14H14BrF3N2O. The van der Waals surface area contributed by atoms with Crippen molar-refractivity contribution in [1.29, 1.82) is 0 Å². The maximum atomic E-state index is 12.7. The van der Waals surface area contributed by atoms with Gasteiger partial charge in [0.1, 0.15) is 5.52 Å². The lowest BCUT2D eigenvalue weighted by molar-refractivity contribution is -0.182. The van der Waals surface area contributed by atoms with Crippen LogP contribution in [0.2, 0.25) is 0 Å². The quantitative estimate of drug-likeness (QED) is 0.725. The average molecular weight is 363 g/mol. The average Bonchev–Trinajstić information content (AvgIpc) is 2.82. The van der Waals surface area contributed by atoms with Gasteiger partial charge in [-0.05, 0) is 37.8 Å². The summed E-state index contributed by atoms with van der Waals surface area (Å²) in [7, 11) is 0. The molecule has 0 unspecified atom stereocenters. The van der Waals surface area contributed by atoms with Crippen molar-refractivity contribution < 1.29 is 17.6 Å². The molecule has 1 aromatic heterocycles. The molecule has 1 saturated carbocycles. The van der Waals surface area contributed by atoms with Crippen LogP contribution in [0.1, 0.15) is 37.5 Å². The molecular weight excluding hydrogens is 349 g/mol. The van der Waals surface area contributed by atoms with Crippen LogP contribution >= 0.6 is 15.9 Å². The molecule has 1 aromatic carbocycles. The van der Waals surface area contributed by atoms with E-state index in [-0.39, 0.29) is 18.8 Å². The Balaban J connectivity index is 1.81. The van der Waals surface area contributed by atoms with Crippen LogP contribution in [0.5, 0.6) is 0 Å². The lowest BCUT2D eigenvalue weighted by Gasteiger charge is -2.28. The van der Waals surface area contributed by atoms with Crippen LogP contribution in [-0.4, -0.2) is 11.2 Å². The van der Waals surface area contributed by atoms with Crippen LogP contribution in [-0.2, 0) is 0 Å². The molecule has 114 valence electrons. The third kappa shape index (κ3) is 2.88. The Morgan fingerprint density at radius 1 is 1.19 bits per heavy atom. The van der Waals surface area contributed by atoms with Gasteiger partial charge < -0.3 is 10.2 Å². The van der Waals surface area contributed by atoms with Crippen molar-refractivity contribution in [3.05, 3.63) is 22.5 Å². The van der Waals surface area contributed by atoms with Crippen LogP contribution in [0.3, 0.4) is 0 Å². The van der Waals surface area contributed by atoms with Gasteiger partial charge in [-0.1, -0.05) is 15.9 Å². The summed E-state index contributed by atoms with van der Waals surface area (Å²) in [6.07, 6.45) is -2.95. The summed E-state index contributed by atoms with van der Waals surface area (Å²) >= 11 is 3.33. The summed E-state index contributed by atoms with van der Waals surface area (Å²) in [5, 5.41) is 0. The summed E-state index contributed by atoms with van der Waals surface area (Å²) in [6.45, 7) is 0. The van der Waals surface area contributed by atoms with Gasteiger partial charge in [-0.25, -0.2) is 4.98 Å². The van der Waals surface area contributed by atoms with Gasteiger partial charge in [0.25, 0.3) is 0 Å². The fourth-order valence-corrected chi connectivity index (χ4v) is 3.35. The van der Waals surface area contributed by atoms with Gasteiger partial charge in [-0.2, -0.15) is 13.2 Å². The van der Waals surface area contributed by atoms with E-state index >= 15 is 0 Å². The van der Waals surface area contributed by atoms with Gasteiger partial charge in [0.15, 0.2) is 11.5 Å². The second-order valence-electron chi connectivity index (χ2n) is 5.49. The zero-order valence-corrected chi connectivity index (χ0v) is 12.7. The molecule has 3 rings (SSSR count). The van der Waals surface area contributed by atoms with Crippen LogP contribution in [0, 0.1) is 5.92 Å². The number of hydrogen-bond acceptors (Lipinski definition) is 3. The van der Waals surface area contributed by atoms with Crippen molar-refractivity contribution >= 4 is 32.7 Å². The zero-order valence-electron chi connectivity index (χ0n) is 11.1. The lowest BCUT2D eigenvalue weighted by Crippen LogP contribution is -2.27. The highest BCUT2D eigenvalue weighted by atomic mass is 79.9. The highest BCUT2D eigenvalue weighted by Gasteiger charge is 2.42. The maximum Gasteiger partial charge on any atom is 0.391 e. The number of rotatable bonds is 1. The first-order valence-corrected chi connectivity index (χ1v) is 7.56. The number of anilines is 1. The molecule has 0 aliphatic heterocycles. The van der Waals surface area contributed by atoms with E-state index in [0.29, 0.717) is 35.5 Å². The third-order valence-corrected chi connectivity index (χ3v) is 4.50. The molecule has 1 aliphatic carbocycles. The fourth-order valence-electron chi connectivity index (χ4n) is 2.88. The number of alkyl halides is 3. The number of fused-ring (bicyclic) bond motifs is 1. The van der Waals surface area contributed by atoms with E-state index in [9.17, 15) is 13.2 Å². The molecule has 7 heteroatoms. The molecule has 2 N–H and O–H groups in total. The topological polar surface area (TPSA) is 52.0 Å². The number of aromatic nitrogens is 1. The predicted molar refractivity (Wildman–Crippen MR) is 76.9 cm³/mol. The molecule has 21 heavy (non-hydrogen) atoms. The lowest BCUT2D eigenvalue weighted by atomic mass is 9.81. The predicted octanol–water partition coefficient (Wildman–Crippen LogP) is 5.01. The monoisotopic (exact) mass is 362 g/mol. The molecule has 2 aromatic rings. The van der Waals surface area contributed by atoms with Gasteiger partial charge >= 0.3 is 6.18 Å². The van der Waals surface area contributed by atoms with Gasteiger partial charge in [0.2, 0.25) is 0 Å². The van der Waals surface area contributed by atoms with Crippen molar-refractivity contribution in [3.63, 3.8) is 0 Å². The van der Waals surface area contributed by atoms with Crippen LogP contribution in [0.25, 0.3) is 11.1 Å². The normalized spacial score (nSPS) is 23.6. The molecule has 0 radical (unpaired) electrons. The number of hydrogen-bond donors (Lipinski definition) is 1. The van der Waals surface area contributed by atoms with Crippen LogP contribution in [0.15, 0.2) is 21.0 Å². The standard InChI is InChI=1S/C14H14BrF3N2O/c15-9-5-10(19)12-11(6-9)20-13(21-12)7-1-3-8(4-2-7)14(16,17)18/h5-8H,1-4,19H2. The third-order valence-electron chi connectivity index (χ3n) is 4.04. The summed E-state index contributed by atoms with van der Waals surface area (Å²) in [5.41, 5.74) is 7.48. The number of nitrogen functional groups attached to an aromatic ring is 1. The Morgan fingerprint density at radius 2 is 1.86 bits per heavy atom. The van der Waals surface area contributed by atoms with Gasteiger partial charge in [0, 0.05) is 10.4 Å². The molecule has 1 aliphatic rings. The largest absolute Gasteiger partial charge is 0.438 e. The van der Waals surface area contributed by atoms with Crippen LogP contribution in [0.4, 0.5) is 18.9 Å². The molecule has 0 atom stereocenters. The Labute approximate surface area is 127 Å². The van der Waals surface area contributed by atoms with E-state index in [1.54, 1.807) is 12.1 Å². The first-order chi connectivity index (χ1) is 9.84. The molecule has 0 bridgehead atoms. The summed E-state index contributed by atoms with van der Waals surface area (Å²) in [4.78, 5) is 4.39. The van der Waals surface area contributed by atoms with Crippen molar-refractivity contribution in [1.82, 2.24) is 4.98 Å². The molecule has 1 fully saturated rings. The van der Waals surface area contributed by atoms with E-state index in [4.69, 9.17) is 10.2 Å². The van der Waals surface area contributed by atoms with Crippen molar-refractivity contribution in [2.24, 2.45) is 5.92 Å². The molecule has 0 spiro atoms. The van der Waals surface area contributed by atoms with E-state index in [0.717, 1.165) is 4.47 Å². The second kappa shape index (κ2) is 5.19. The summed E-state index contributed by atoms with van der Waals surface area (Å²) in [6, 6.07) is 3.51. The van der Waals surface area contributed by atoms with E-state index < -0.39 is 12.1 Å². The first kappa shape index (κ1) is 14.7. The number of nitrogens with two attached hydrogens (primary N) is 1. The van der Waals surface area contributed by atoms with Crippen molar-refractivity contribution in [2.45, 2.75) is 37.8 Å². The van der Waals surface area contributed by atoms with E-state index in [2.05, 4.69) is 20.9 Å². The summed E-state index contributed by atoms with van der Waals surface area (Å²) < 4.78 is 44.5. The van der Waals surface area contributed by atoms with E-state index in [1.807, 2.05) is 0 Å². The highest BCUT2D eigenvalue weighted by molar-refractivity contribution is 9.10. The number of nitrogens with zero attached hydrogens (tertiary/aromatic N) is 1. The van der Waals surface area contributed by atoms with Gasteiger partial charge in [-0.15, -0.1) is 0 Å². The van der Waals surface area contributed by atoms with E-state index in [1.165, 1.54) is 0 Å². The van der Waals surface area contributed by atoms with Crippen LogP contribution < -0.4 is 5.73 Å². The second-order valence-corrected chi connectivity index (χ2v) is 6.40. The number of benzene rings is 1. The SMILES string of the molecule is Nc1cc(Br)cc2nc(C3CCC(C(F)(F)F)CC3)oc12. The summed E-state index contributed by atoms with van der Waals surface area (Å²) in [5.74, 6) is -0.762. The highest BCUT2D eigenvalue weighted by Crippen LogP contribution is 2.43. The molecule has 0 amide bonds. The number of oxazole rings is 1. The first-order valence-electron chi connectivity index (χ1n) is 6.77. The Hall–Kier alpha value is -1.24. The van der Waals surface area contributed by atoms with Crippen molar-refractivity contribution in [2.75, 3.05) is 5.73 Å². The van der Waals surface area contributed by atoms with Crippen molar-refractivity contribution in [3.8, 4) is 0 Å². The molecule has 1 heterocycles. The Kier molecular flexibility index (Phi) is 3.63. The minimum absolute atomic E-state index is 0.0609. The maximum absolute atomic E-state index is 12.7. The smallest absolute Gasteiger partial charge is 0.391 e.